The second-order valence-electron chi connectivity index (χ2n) is 3.71. The Bertz CT molecular complexity index is 301. The summed E-state index contributed by atoms with van der Waals surface area (Å²) in [4.78, 5) is 11.4. The van der Waals surface area contributed by atoms with Crippen LogP contribution in [0.3, 0.4) is 0 Å². The molecule has 1 aliphatic rings. The van der Waals surface area contributed by atoms with E-state index in [0.29, 0.717) is 18.0 Å². The largest absolute Gasteiger partial charge is 0.472 e. The quantitative estimate of drug-likeness (QED) is 0.749. The average Bonchev–Trinajstić information content (AvgIpc) is 2.62. The fourth-order valence-corrected chi connectivity index (χ4v) is 1.60. The van der Waals surface area contributed by atoms with Crippen LogP contribution in [-0.2, 0) is 0 Å². The van der Waals surface area contributed by atoms with Crippen LogP contribution in [-0.4, -0.2) is 23.7 Å². The summed E-state index contributed by atoms with van der Waals surface area (Å²) in [5.74, 6) is 0.320. The highest BCUT2D eigenvalue weighted by atomic mass is 16.3. The molecule has 2 rings (SSSR count). The lowest BCUT2D eigenvalue weighted by atomic mass is 9.82. The molecule has 1 heterocycles. The number of hydrogen-bond donors (Lipinski definition) is 2. The maximum Gasteiger partial charge on any atom is 0.254 e. The first-order valence-corrected chi connectivity index (χ1v) is 4.74. The molecule has 1 saturated carbocycles. The van der Waals surface area contributed by atoms with Gasteiger partial charge in [-0.05, 0) is 24.8 Å². The Morgan fingerprint density at radius 2 is 2.43 bits per heavy atom. The predicted octanol–water partition coefficient (Wildman–Crippen LogP) is 0.780. The Morgan fingerprint density at radius 1 is 1.64 bits per heavy atom. The lowest BCUT2D eigenvalue weighted by Crippen LogP contribution is -2.38. The summed E-state index contributed by atoms with van der Waals surface area (Å²) < 4.78 is 4.80. The SMILES string of the molecule is O=C(NCC1CC(O)C1)c1ccoc1. The molecule has 0 spiro atoms. The maximum absolute atomic E-state index is 11.4. The van der Waals surface area contributed by atoms with Crippen molar-refractivity contribution in [3.8, 4) is 0 Å². The fourth-order valence-electron chi connectivity index (χ4n) is 1.60. The third kappa shape index (κ3) is 1.96. The number of hydrogen-bond acceptors (Lipinski definition) is 3. The zero-order valence-corrected chi connectivity index (χ0v) is 7.77. The Balaban J connectivity index is 1.74. The van der Waals surface area contributed by atoms with E-state index in [1.165, 1.54) is 12.5 Å². The summed E-state index contributed by atoms with van der Waals surface area (Å²) in [5.41, 5.74) is 0.546. The number of furan rings is 1. The number of nitrogens with one attached hydrogen (secondary N) is 1. The van der Waals surface area contributed by atoms with E-state index in [9.17, 15) is 4.79 Å². The molecule has 1 amide bonds. The van der Waals surface area contributed by atoms with E-state index < -0.39 is 0 Å². The zero-order chi connectivity index (χ0) is 9.97. The van der Waals surface area contributed by atoms with Crippen LogP contribution in [0.2, 0.25) is 0 Å². The molecule has 0 atom stereocenters. The van der Waals surface area contributed by atoms with Gasteiger partial charge < -0.3 is 14.8 Å². The highest BCUT2D eigenvalue weighted by molar-refractivity contribution is 5.93. The summed E-state index contributed by atoms with van der Waals surface area (Å²) in [6.07, 6.45) is 4.33. The average molecular weight is 195 g/mol. The second-order valence-corrected chi connectivity index (χ2v) is 3.71. The van der Waals surface area contributed by atoms with Crippen LogP contribution < -0.4 is 5.32 Å². The van der Waals surface area contributed by atoms with Crippen LogP contribution in [0.15, 0.2) is 23.0 Å². The zero-order valence-electron chi connectivity index (χ0n) is 7.77. The Kier molecular flexibility index (Phi) is 2.54. The van der Waals surface area contributed by atoms with Crippen LogP contribution in [0, 0.1) is 5.92 Å². The summed E-state index contributed by atoms with van der Waals surface area (Å²) in [7, 11) is 0. The van der Waals surface area contributed by atoms with Gasteiger partial charge in [0.1, 0.15) is 6.26 Å². The molecular formula is C10H13NO3. The van der Waals surface area contributed by atoms with Gasteiger partial charge in [-0.25, -0.2) is 0 Å². The molecule has 1 fully saturated rings. The molecule has 2 N–H and O–H groups in total. The van der Waals surface area contributed by atoms with E-state index in [1.54, 1.807) is 6.07 Å². The van der Waals surface area contributed by atoms with E-state index in [-0.39, 0.29) is 12.0 Å². The Hall–Kier alpha value is -1.29. The van der Waals surface area contributed by atoms with Crippen molar-refractivity contribution in [3.05, 3.63) is 24.2 Å². The van der Waals surface area contributed by atoms with Gasteiger partial charge in [0.15, 0.2) is 0 Å². The van der Waals surface area contributed by atoms with Gasteiger partial charge in [0.05, 0.1) is 17.9 Å². The number of amides is 1. The number of carbonyl (C=O) groups is 1. The molecule has 0 bridgehead atoms. The molecule has 4 nitrogen and oxygen atoms in total. The first-order chi connectivity index (χ1) is 6.75. The van der Waals surface area contributed by atoms with E-state index in [4.69, 9.17) is 9.52 Å². The molecular weight excluding hydrogens is 182 g/mol. The Morgan fingerprint density at radius 3 is 3.00 bits per heavy atom. The van der Waals surface area contributed by atoms with Gasteiger partial charge in [0.2, 0.25) is 0 Å². The third-order valence-electron chi connectivity index (χ3n) is 2.55. The lowest BCUT2D eigenvalue weighted by molar-refractivity contribution is 0.0420. The first kappa shape index (κ1) is 9.27. The van der Waals surface area contributed by atoms with Gasteiger partial charge in [-0.3, -0.25) is 4.79 Å². The number of aliphatic hydroxyl groups excluding tert-OH is 1. The molecule has 76 valence electrons. The number of aliphatic hydroxyl groups is 1. The molecule has 0 unspecified atom stereocenters. The van der Waals surface area contributed by atoms with Gasteiger partial charge in [0, 0.05) is 6.54 Å². The van der Waals surface area contributed by atoms with Crippen molar-refractivity contribution in [2.45, 2.75) is 18.9 Å². The predicted molar refractivity (Wildman–Crippen MR) is 49.8 cm³/mol. The molecule has 1 aromatic rings. The van der Waals surface area contributed by atoms with Gasteiger partial charge in [-0.2, -0.15) is 0 Å². The summed E-state index contributed by atoms with van der Waals surface area (Å²) in [6, 6.07) is 1.63. The topological polar surface area (TPSA) is 62.5 Å². The third-order valence-corrected chi connectivity index (χ3v) is 2.55. The van der Waals surface area contributed by atoms with Crippen LogP contribution in [0.5, 0.6) is 0 Å². The molecule has 1 aromatic heterocycles. The molecule has 0 aliphatic heterocycles. The van der Waals surface area contributed by atoms with Crippen LogP contribution in [0.1, 0.15) is 23.2 Å². The summed E-state index contributed by atoms with van der Waals surface area (Å²) in [5, 5.41) is 11.8. The summed E-state index contributed by atoms with van der Waals surface area (Å²) >= 11 is 0. The van der Waals surface area contributed by atoms with E-state index in [0.717, 1.165) is 12.8 Å². The monoisotopic (exact) mass is 195 g/mol. The fraction of sp³-hybridized carbons (Fsp3) is 0.500. The van der Waals surface area contributed by atoms with Crippen molar-refractivity contribution >= 4 is 5.91 Å². The van der Waals surface area contributed by atoms with E-state index in [2.05, 4.69) is 5.32 Å². The number of carbonyl (C=O) groups excluding carboxylic acids is 1. The van der Waals surface area contributed by atoms with Crippen LogP contribution >= 0.6 is 0 Å². The summed E-state index contributed by atoms with van der Waals surface area (Å²) in [6.45, 7) is 0.640. The van der Waals surface area contributed by atoms with Crippen molar-refractivity contribution in [2.75, 3.05) is 6.54 Å². The van der Waals surface area contributed by atoms with Gasteiger partial charge in [0.25, 0.3) is 5.91 Å². The van der Waals surface area contributed by atoms with Gasteiger partial charge in [-0.1, -0.05) is 0 Å². The first-order valence-electron chi connectivity index (χ1n) is 4.74. The lowest BCUT2D eigenvalue weighted by Gasteiger charge is -2.31. The van der Waals surface area contributed by atoms with Crippen LogP contribution in [0.25, 0.3) is 0 Å². The minimum absolute atomic E-state index is 0.111. The van der Waals surface area contributed by atoms with Gasteiger partial charge in [-0.15, -0.1) is 0 Å². The highest BCUT2D eigenvalue weighted by Crippen LogP contribution is 2.26. The molecule has 14 heavy (non-hydrogen) atoms. The van der Waals surface area contributed by atoms with Crippen molar-refractivity contribution < 1.29 is 14.3 Å². The molecule has 0 aromatic carbocycles. The molecule has 1 aliphatic carbocycles. The maximum atomic E-state index is 11.4. The van der Waals surface area contributed by atoms with Crippen molar-refractivity contribution in [1.82, 2.24) is 5.32 Å². The second kappa shape index (κ2) is 3.84. The van der Waals surface area contributed by atoms with Crippen molar-refractivity contribution in [3.63, 3.8) is 0 Å². The minimum Gasteiger partial charge on any atom is -0.472 e. The standard InChI is InChI=1S/C10H13NO3/c12-9-3-7(4-9)5-11-10(13)8-1-2-14-6-8/h1-2,6-7,9,12H,3-5H2,(H,11,13). The minimum atomic E-state index is -0.161. The van der Waals surface area contributed by atoms with E-state index >= 15 is 0 Å². The molecule has 4 heteroatoms. The van der Waals surface area contributed by atoms with Crippen molar-refractivity contribution in [1.29, 1.82) is 0 Å². The van der Waals surface area contributed by atoms with Gasteiger partial charge >= 0.3 is 0 Å². The molecule has 0 saturated heterocycles. The number of rotatable bonds is 3. The van der Waals surface area contributed by atoms with Crippen molar-refractivity contribution in [2.24, 2.45) is 5.92 Å². The highest BCUT2D eigenvalue weighted by Gasteiger charge is 2.27. The van der Waals surface area contributed by atoms with E-state index in [1.807, 2.05) is 0 Å². The smallest absolute Gasteiger partial charge is 0.254 e. The molecule has 0 radical (unpaired) electrons. The van der Waals surface area contributed by atoms with Crippen LogP contribution in [0.4, 0.5) is 0 Å². The Labute approximate surface area is 81.9 Å². The normalized spacial score (nSPS) is 25.5.